The fourth-order valence-corrected chi connectivity index (χ4v) is 3.67. The van der Waals surface area contributed by atoms with Gasteiger partial charge in [-0.3, -0.25) is 4.68 Å². The van der Waals surface area contributed by atoms with Crippen LogP contribution in [0.4, 0.5) is 0 Å². The highest BCUT2D eigenvalue weighted by molar-refractivity contribution is 9.10. The summed E-state index contributed by atoms with van der Waals surface area (Å²) in [5.74, 6) is 0.569. The van der Waals surface area contributed by atoms with Crippen LogP contribution in [0.15, 0.2) is 34.8 Å². The van der Waals surface area contributed by atoms with Crippen molar-refractivity contribution in [3.05, 3.63) is 40.5 Å². The van der Waals surface area contributed by atoms with Crippen LogP contribution in [-0.4, -0.2) is 22.9 Å². The van der Waals surface area contributed by atoms with E-state index in [0.717, 1.165) is 17.6 Å². The Morgan fingerprint density at radius 1 is 1.21 bits per heavy atom. The zero-order chi connectivity index (χ0) is 13.2. The second kappa shape index (κ2) is 5.47. The number of halogens is 1. The molecule has 3 rings (SSSR count). The summed E-state index contributed by atoms with van der Waals surface area (Å²) in [5.41, 5.74) is 3.60. The summed E-state index contributed by atoms with van der Waals surface area (Å²) in [4.78, 5) is 0. The van der Waals surface area contributed by atoms with Gasteiger partial charge in [-0.2, -0.15) is 5.10 Å². The van der Waals surface area contributed by atoms with Gasteiger partial charge >= 0.3 is 0 Å². The van der Waals surface area contributed by atoms with Gasteiger partial charge in [0.25, 0.3) is 0 Å². The summed E-state index contributed by atoms with van der Waals surface area (Å²) in [6.07, 6.45) is 2.34. The average Bonchev–Trinajstić information content (AvgIpc) is 2.76. The van der Waals surface area contributed by atoms with E-state index in [-0.39, 0.29) is 0 Å². The maximum atomic E-state index is 4.75. The Balaban J connectivity index is 2.00. The fourth-order valence-electron chi connectivity index (χ4n) is 2.78. The highest BCUT2D eigenvalue weighted by Crippen LogP contribution is 2.36. The summed E-state index contributed by atoms with van der Waals surface area (Å²) in [6, 6.07) is 10.4. The molecule has 0 aliphatic carbocycles. The number of hydrogen-bond donors (Lipinski definition) is 1. The molecule has 1 saturated heterocycles. The van der Waals surface area contributed by atoms with Crippen LogP contribution in [0, 0.1) is 0 Å². The predicted molar refractivity (Wildman–Crippen MR) is 81.2 cm³/mol. The van der Waals surface area contributed by atoms with Crippen molar-refractivity contribution in [3.63, 3.8) is 0 Å². The zero-order valence-corrected chi connectivity index (χ0v) is 12.7. The molecule has 0 saturated carbocycles. The Labute approximate surface area is 122 Å². The van der Waals surface area contributed by atoms with E-state index in [1.165, 1.54) is 29.8 Å². The number of hydrogen-bond acceptors (Lipinski definition) is 2. The molecule has 1 aliphatic rings. The van der Waals surface area contributed by atoms with E-state index < -0.39 is 0 Å². The number of aromatic nitrogens is 2. The molecule has 0 amide bonds. The molecule has 1 aromatic carbocycles. The first-order valence-electron chi connectivity index (χ1n) is 6.76. The van der Waals surface area contributed by atoms with E-state index in [1.807, 2.05) is 17.8 Å². The average molecular weight is 320 g/mol. The van der Waals surface area contributed by atoms with Crippen molar-refractivity contribution in [2.75, 3.05) is 13.1 Å². The van der Waals surface area contributed by atoms with E-state index in [4.69, 9.17) is 5.10 Å². The lowest BCUT2D eigenvalue weighted by Crippen LogP contribution is -2.27. The van der Waals surface area contributed by atoms with E-state index in [0.29, 0.717) is 5.92 Å². The smallest absolute Gasteiger partial charge is 0.0824 e. The molecule has 1 N–H and O–H groups in total. The third-order valence-corrected chi connectivity index (χ3v) is 4.57. The standard InChI is InChI=1S/C15H18BrN3/c1-19-15(12-5-3-2-4-6-12)13(16)14(18-19)11-7-9-17-10-8-11/h2-6,11,17H,7-10H2,1H3. The van der Waals surface area contributed by atoms with Crippen LogP contribution in [0.5, 0.6) is 0 Å². The number of aryl methyl sites for hydroxylation is 1. The van der Waals surface area contributed by atoms with Gasteiger partial charge in [-0.15, -0.1) is 0 Å². The van der Waals surface area contributed by atoms with Gasteiger partial charge in [-0.25, -0.2) is 0 Å². The third kappa shape index (κ3) is 2.47. The highest BCUT2D eigenvalue weighted by atomic mass is 79.9. The Bertz CT molecular complexity index is 556. The van der Waals surface area contributed by atoms with Crippen molar-refractivity contribution < 1.29 is 0 Å². The van der Waals surface area contributed by atoms with Gasteiger partial charge in [0.2, 0.25) is 0 Å². The Morgan fingerprint density at radius 2 is 1.89 bits per heavy atom. The van der Waals surface area contributed by atoms with Crippen molar-refractivity contribution >= 4 is 15.9 Å². The normalized spacial score (nSPS) is 16.7. The molecule has 0 unspecified atom stereocenters. The fraction of sp³-hybridized carbons (Fsp3) is 0.400. The van der Waals surface area contributed by atoms with E-state index in [1.54, 1.807) is 0 Å². The molecule has 100 valence electrons. The molecule has 1 aliphatic heterocycles. The van der Waals surface area contributed by atoms with Gasteiger partial charge < -0.3 is 5.32 Å². The van der Waals surface area contributed by atoms with Crippen LogP contribution < -0.4 is 5.32 Å². The lowest BCUT2D eigenvalue weighted by molar-refractivity contribution is 0.449. The molecule has 1 fully saturated rings. The van der Waals surface area contributed by atoms with Gasteiger partial charge in [0.1, 0.15) is 0 Å². The largest absolute Gasteiger partial charge is 0.317 e. The minimum absolute atomic E-state index is 0.569. The van der Waals surface area contributed by atoms with Crippen LogP contribution in [0.2, 0.25) is 0 Å². The number of benzene rings is 1. The van der Waals surface area contributed by atoms with Crippen LogP contribution in [0.1, 0.15) is 24.5 Å². The molecule has 0 spiro atoms. The van der Waals surface area contributed by atoms with Crippen molar-refractivity contribution in [2.24, 2.45) is 7.05 Å². The molecule has 4 heteroatoms. The highest BCUT2D eigenvalue weighted by Gasteiger charge is 2.24. The number of nitrogens with zero attached hydrogens (tertiary/aromatic N) is 2. The first kappa shape index (κ1) is 12.9. The van der Waals surface area contributed by atoms with Crippen molar-refractivity contribution in [1.29, 1.82) is 0 Å². The summed E-state index contributed by atoms with van der Waals surface area (Å²) in [6.45, 7) is 2.18. The van der Waals surface area contributed by atoms with E-state index in [2.05, 4.69) is 45.5 Å². The van der Waals surface area contributed by atoms with Gasteiger partial charge in [0.15, 0.2) is 0 Å². The Hall–Kier alpha value is -1.13. The number of rotatable bonds is 2. The minimum Gasteiger partial charge on any atom is -0.317 e. The maximum Gasteiger partial charge on any atom is 0.0824 e. The lowest BCUT2D eigenvalue weighted by atomic mass is 9.94. The van der Waals surface area contributed by atoms with E-state index in [9.17, 15) is 0 Å². The molecular weight excluding hydrogens is 302 g/mol. The molecule has 2 aromatic rings. The van der Waals surface area contributed by atoms with E-state index >= 15 is 0 Å². The summed E-state index contributed by atoms with van der Waals surface area (Å²) in [7, 11) is 2.03. The molecule has 0 atom stereocenters. The minimum atomic E-state index is 0.569. The number of piperidine rings is 1. The van der Waals surface area contributed by atoms with Crippen LogP contribution >= 0.6 is 15.9 Å². The molecule has 0 bridgehead atoms. The van der Waals surface area contributed by atoms with Gasteiger partial charge in [0.05, 0.1) is 15.9 Å². The molecule has 0 radical (unpaired) electrons. The number of nitrogens with one attached hydrogen (secondary N) is 1. The second-order valence-electron chi connectivity index (χ2n) is 5.06. The van der Waals surface area contributed by atoms with Crippen molar-refractivity contribution in [2.45, 2.75) is 18.8 Å². The molecular formula is C15H18BrN3. The SMILES string of the molecule is Cn1nc(C2CCNCC2)c(Br)c1-c1ccccc1. The first-order chi connectivity index (χ1) is 9.27. The molecule has 3 nitrogen and oxygen atoms in total. The third-order valence-electron chi connectivity index (χ3n) is 3.79. The molecule has 1 aromatic heterocycles. The summed E-state index contributed by atoms with van der Waals surface area (Å²) >= 11 is 3.77. The van der Waals surface area contributed by atoms with Crippen LogP contribution in [-0.2, 0) is 7.05 Å². The molecule has 2 heterocycles. The van der Waals surface area contributed by atoms with Gasteiger partial charge in [0, 0.05) is 18.5 Å². The summed E-state index contributed by atoms with van der Waals surface area (Å²) in [5, 5.41) is 8.16. The van der Waals surface area contributed by atoms with Gasteiger partial charge in [-0.1, -0.05) is 30.3 Å². The Morgan fingerprint density at radius 3 is 2.58 bits per heavy atom. The van der Waals surface area contributed by atoms with Gasteiger partial charge in [-0.05, 0) is 41.9 Å². The monoisotopic (exact) mass is 319 g/mol. The van der Waals surface area contributed by atoms with Crippen molar-refractivity contribution in [1.82, 2.24) is 15.1 Å². The van der Waals surface area contributed by atoms with Crippen molar-refractivity contribution in [3.8, 4) is 11.3 Å². The Kier molecular flexibility index (Phi) is 3.71. The summed E-state index contributed by atoms with van der Waals surface area (Å²) < 4.78 is 3.16. The maximum absolute atomic E-state index is 4.75. The van der Waals surface area contributed by atoms with Crippen LogP contribution in [0.3, 0.4) is 0 Å². The van der Waals surface area contributed by atoms with Crippen LogP contribution in [0.25, 0.3) is 11.3 Å². The second-order valence-corrected chi connectivity index (χ2v) is 5.85. The first-order valence-corrected chi connectivity index (χ1v) is 7.55. The zero-order valence-electron chi connectivity index (χ0n) is 11.1. The topological polar surface area (TPSA) is 29.9 Å². The predicted octanol–water partition coefficient (Wildman–Crippen LogP) is 3.32. The quantitative estimate of drug-likeness (QED) is 0.920. The molecule has 19 heavy (non-hydrogen) atoms. The lowest BCUT2D eigenvalue weighted by Gasteiger charge is -2.21.